The van der Waals surface area contributed by atoms with E-state index in [-0.39, 0.29) is 12.1 Å². The summed E-state index contributed by atoms with van der Waals surface area (Å²) in [5.74, 6) is 1.56. The molecular weight excluding hydrogens is 316 g/mol. The van der Waals surface area contributed by atoms with Crippen LogP contribution >= 0.6 is 0 Å². The van der Waals surface area contributed by atoms with Gasteiger partial charge in [0, 0.05) is 18.1 Å². The summed E-state index contributed by atoms with van der Waals surface area (Å²) in [7, 11) is 1.71. The number of alkyl carbamates (subject to hydrolysis) is 1. The molecule has 2 N–H and O–H groups in total. The Morgan fingerprint density at radius 1 is 1.08 bits per heavy atom. The van der Waals surface area contributed by atoms with E-state index in [1.54, 1.807) is 7.11 Å². The minimum atomic E-state index is -0.438. The second-order valence-corrected chi connectivity index (χ2v) is 8.32. The second kappa shape index (κ2) is 7.24. The van der Waals surface area contributed by atoms with Crippen molar-refractivity contribution in [3.8, 4) is 5.75 Å². The Morgan fingerprint density at radius 3 is 2.40 bits per heavy atom. The molecule has 0 saturated heterocycles. The van der Waals surface area contributed by atoms with E-state index in [1.165, 1.54) is 18.4 Å². The topological polar surface area (TPSA) is 59.6 Å². The Labute approximate surface area is 150 Å². The van der Waals surface area contributed by atoms with Crippen LogP contribution in [0.2, 0.25) is 0 Å². The predicted octanol–water partition coefficient (Wildman–Crippen LogP) is 3.59. The predicted molar refractivity (Wildman–Crippen MR) is 98.1 cm³/mol. The Morgan fingerprint density at radius 2 is 1.76 bits per heavy atom. The molecule has 5 heteroatoms. The highest BCUT2D eigenvalue weighted by atomic mass is 16.6. The fourth-order valence-electron chi connectivity index (χ4n) is 3.60. The molecule has 0 heterocycles. The number of carbonyl (C=O) groups excluding carboxylic acids is 1. The van der Waals surface area contributed by atoms with Crippen LogP contribution in [0.1, 0.15) is 57.9 Å². The number of ether oxygens (including phenoxy) is 2. The number of rotatable bonds is 5. The van der Waals surface area contributed by atoms with Crippen LogP contribution in [0.5, 0.6) is 5.75 Å². The normalized spacial score (nSPS) is 28.5. The van der Waals surface area contributed by atoms with Gasteiger partial charge in [-0.25, -0.2) is 4.79 Å². The highest BCUT2D eigenvalue weighted by Crippen LogP contribution is 2.39. The Kier molecular flexibility index (Phi) is 5.23. The van der Waals surface area contributed by atoms with Crippen LogP contribution in [-0.4, -0.2) is 36.9 Å². The molecule has 2 fully saturated rings. The molecule has 0 radical (unpaired) electrons. The van der Waals surface area contributed by atoms with Gasteiger partial charge in [-0.3, -0.25) is 0 Å². The third kappa shape index (κ3) is 4.88. The quantitative estimate of drug-likeness (QED) is 0.855. The SMILES string of the molecule is COc1cccc(C2CC(NC3CC(NC(=O)OC(C)(C)C)C3)C2)c1. The summed E-state index contributed by atoms with van der Waals surface area (Å²) < 4.78 is 10.6. The van der Waals surface area contributed by atoms with Crippen molar-refractivity contribution in [3.63, 3.8) is 0 Å². The second-order valence-electron chi connectivity index (χ2n) is 8.32. The van der Waals surface area contributed by atoms with Gasteiger partial charge in [-0.15, -0.1) is 0 Å². The zero-order valence-corrected chi connectivity index (χ0v) is 15.7. The van der Waals surface area contributed by atoms with Crippen LogP contribution < -0.4 is 15.4 Å². The molecule has 0 atom stereocenters. The lowest BCUT2D eigenvalue weighted by atomic mass is 9.74. The first-order chi connectivity index (χ1) is 11.8. The summed E-state index contributed by atoms with van der Waals surface area (Å²) in [5, 5.41) is 6.65. The van der Waals surface area contributed by atoms with Crippen LogP contribution in [-0.2, 0) is 4.74 Å². The van der Waals surface area contributed by atoms with Crippen LogP contribution in [0.3, 0.4) is 0 Å². The fourth-order valence-corrected chi connectivity index (χ4v) is 3.60. The smallest absolute Gasteiger partial charge is 0.407 e. The first kappa shape index (κ1) is 18.1. The summed E-state index contributed by atoms with van der Waals surface area (Å²) >= 11 is 0. The monoisotopic (exact) mass is 346 g/mol. The average Bonchev–Trinajstić information content (AvgIpc) is 2.45. The number of methoxy groups -OCH3 is 1. The molecular formula is C20H30N2O3. The van der Waals surface area contributed by atoms with Gasteiger partial charge in [0.15, 0.2) is 0 Å². The molecule has 1 aromatic carbocycles. The minimum Gasteiger partial charge on any atom is -0.497 e. The van der Waals surface area contributed by atoms with Gasteiger partial charge in [-0.2, -0.15) is 0 Å². The Hall–Kier alpha value is -1.75. The van der Waals surface area contributed by atoms with E-state index < -0.39 is 5.60 Å². The zero-order valence-electron chi connectivity index (χ0n) is 15.7. The van der Waals surface area contributed by atoms with E-state index in [1.807, 2.05) is 26.8 Å². The van der Waals surface area contributed by atoms with Crippen molar-refractivity contribution in [1.29, 1.82) is 0 Å². The van der Waals surface area contributed by atoms with Gasteiger partial charge in [-0.05, 0) is 70.1 Å². The third-order valence-electron chi connectivity index (χ3n) is 5.03. The molecule has 1 aromatic rings. The number of amides is 1. The molecule has 0 bridgehead atoms. The van der Waals surface area contributed by atoms with Gasteiger partial charge < -0.3 is 20.1 Å². The van der Waals surface area contributed by atoms with Crippen LogP contribution in [0.25, 0.3) is 0 Å². The minimum absolute atomic E-state index is 0.238. The maximum absolute atomic E-state index is 11.7. The van der Waals surface area contributed by atoms with Crippen molar-refractivity contribution in [3.05, 3.63) is 29.8 Å². The lowest BCUT2D eigenvalue weighted by Crippen LogP contribution is -2.57. The molecule has 1 amide bonds. The van der Waals surface area contributed by atoms with E-state index in [4.69, 9.17) is 9.47 Å². The van der Waals surface area contributed by atoms with Crippen molar-refractivity contribution >= 4 is 6.09 Å². The molecule has 3 rings (SSSR count). The number of hydrogen-bond acceptors (Lipinski definition) is 4. The summed E-state index contributed by atoms with van der Waals surface area (Å²) in [6.45, 7) is 5.65. The van der Waals surface area contributed by atoms with E-state index in [2.05, 4.69) is 28.8 Å². The maximum Gasteiger partial charge on any atom is 0.407 e. The van der Waals surface area contributed by atoms with Crippen LogP contribution in [0.4, 0.5) is 4.79 Å². The van der Waals surface area contributed by atoms with Crippen molar-refractivity contribution in [2.75, 3.05) is 7.11 Å². The number of benzene rings is 1. The van der Waals surface area contributed by atoms with Crippen molar-refractivity contribution in [1.82, 2.24) is 10.6 Å². The molecule has 5 nitrogen and oxygen atoms in total. The molecule has 0 spiro atoms. The van der Waals surface area contributed by atoms with Gasteiger partial charge in [-0.1, -0.05) is 12.1 Å². The van der Waals surface area contributed by atoms with Crippen LogP contribution in [0.15, 0.2) is 24.3 Å². The summed E-state index contributed by atoms with van der Waals surface area (Å²) in [6.07, 6.45) is 4.01. The van der Waals surface area contributed by atoms with Crippen molar-refractivity contribution < 1.29 is 14.3 Å². The molecule has 138 valence electrons. The maximum atomic E-state index is 11.7. The largest absolute Gasteiger partial charge is 0.497 e. The molecule has 0 aliphatic heterocycles. The zero-order chi connectivity index (χ0) is 18.0. The molecule has 2 aliphatic carbocycles. The Balaban J connectivity index is 1.33. The number of nitrogens with one attached hydrogen (secondary N) is 2. The van der Waals surface area contributed by atoms with E-state index in [9.17, 15) is 4.79 Å². The van der Waals surface area contributed by atoms with Crippen LogP contribution in [0, 0.1) is 0 Å². The molecule has 0 unspecified atom stereocenters. The molecule has 25 heavy (non-hydrogen) atoms. The summed E-state index contributed by atoms with van der Waals surface area (Å²) in [5.41, 5.74) is 0.933. The first-order valence-electron chi connectivity index (χ1n) is 9.22. The molecule has 0 aromatic heterocycles. The summed E-state index contributed by atoms with van der Waals surface area (Å²) in [6, 6.07) is 9.72. The van der Waals surface area contributed by atoms with Gasteiger partial charge in [0.2, 0.25) is 0 Å². The van der Waals surface area contributed by atoms with Gasteiger partial charge in [0.25, 0.3) is 0 Å². The lowest BCUT2D eigenvalue weighted by Gasteiger charge is -2.44. The molecule has 2 saturated carbocycles. The van der Waals surface area contributed by atoms with Crippen molar-refractivity contribution in [2.45, 2.75) is 76.1 Å². The van der Waals surface area contributed by atoms with Gasteiger partial charge >= 0.3 is 6.09 Å². The fraction of sp³-hybridized carbons (Fsp3) is 0.650. The summed E-state index contributed by atoms with van der Waals surface area (Å²) in [4.78, 5) is 11.7. The Bertz CT molecular complexity index is 599. The lowest BCUT2D eigenvalue weighted by molar-refractivity contribution is 0.0458. The number of carbonyl (C=O) groups is 1. The average molecular weight is 346 g/mol. The van der Waals surface area contributed by atoms with E-state index in [0.717, 1.165) is 18.6 Å². The number of hydrogen-bond donors (Lipinski definition) is 2. The highest BCUT2D eigenvalue weighted by molar-refractivity contribution is 5.68. The standard InChI is InChI=1S/C20H30N2O3/c1-20(2,3)25-19(23)22-17-11-16(12-17)21-15-8-14(9-15)13-6-5-7-18(10-13)24-4/h5-7,10,14-17,21H,8-9,11-12H2,1-4H3,(H,22,23). The van der Waals surface area contributed by atoms with E-state index in [0.29, 0.717) is 18.0 Å². The van der Waals surface area contributed by atoms with E-state index >= 15 is 0 Å². The molecule has 2 aliphatic rings. The first-order valence-corrected chi connectivity index (χ1v) is 9.22. The highest BCUT2D eigenvalue weighted by Gasteiger charge is 2.37. The van der Waals surface area contributed by atoms with Gasteiger partial charge in [0.1, 0.15) is 11.4 Å². The van der Waals surface area contributed by atoms with Gasteiger partial charge in [0.05, 0.1) is 7.11 Å². The van der Waals surface area contributed by atoms with Crippen molar-refractivity contribution in [2.24, 2.45) is 0 Å². The third-order valence-corrected chi connectivity index (χ3v) is 5.03.